The third kappa shape index (κ3) is 2.30. The maximum atomic E-state index is 12.7. The van der Waals surface area contributed by atoms with Gasteiger partial charge in [0.05, 0.1) is 0 Å². The van der Waals surface area contributed by atoms with E-state index >= 15 is 0 Å². The topological polar surface area (TPSA) is 16.1 Å². The van der Waals surface area contributed by atoms with Gasteiger partial charge in [0, 0.05) is 25.0 Å². The second-order valence-electron chi connectivity index (χ2n) is 5.76. The molecule has 1 aliphatic carbocycles. The van der Waals surface area contributed by atoms with Gasteiger partial charge in [0.1, 0.15) is 5.69 Å². The Morgan fingerprint density at radius 2 is 1.84 bits per heavy atom. The Labute approximate surface area is 110 Å². The molecule has 1 aliphatic heterocycles. The number of hydrogen-bond donors (Lipinski definition) is 0. The molecular formula is C14H17F3N2. The Bertz CT molecular complexity index is 458. The van der Waals surface area contributed by atoms with Gasteiger partial charge in [-0.05, 0) is 42.7 Å². The fourth-order valence-corrected chi connectivity index (χ4v) is 3.48. The normalized spacial score (nSPS) is 30.7. The quantitative estimate of drug-likeness (QED) is 0.775. The van der Waals surface area contributed by atoms with Gasteiger partial charge in [0.2, 0.25) is 0 Å². The molecule has 0 amide bonds. The van der Waals surface area contributed by atoms with Crippen molar-refractivity contribution in [3.05, 3.63) is 24.0 Å². The van der Waals surface area contributed by atoms with E-state index in [1.807, 2.05) is 0 Å². The van der Waals surface area contributed by atoms with Crippen LogP contribution in [0.5, 0.6) is 0 Å². The van der Waals surface area contributed by atoms with Crippen LogP contribution >= 0.6 is 0 Å². The van der Waals surface area contributed by atoms with E-state index in [1.165, 1.54) is 25.1 Å². The first kappa shape index (κ1) is 12.8. The first-order chi connectivity index (χ1) is 8.95. The molecule has 2 bridgehead atoms. The molecule has 0 spiro atoms. The van der Waals surface area contributed by atoms with Crippen LogP contribution in [-0.4, -0.2) is 18.1 Å². The van der Waals surface area contributed by atoms with Gasteiger partial charge in [0.25, 0.3) is 0 Å². The van der Waals surface area contributed by atoms with Gasteiger partial charge < -0.3 is 4.90 Å². The highest BCUT2D eigenvalue weighted by atomic mass is 19.4. The van der Waals surface area contributed by atoms with E-state index in [0.717, 1.165) is 13.1 Å². The van der Waals surface area contributed by atoms with E-state index in [2.05, 4.69) is 16.8 Å². The van der Waals surface area contributed by atoms with Crippen molar-refractivity contribution in [1.29, 1.82) is 0 Å². The van der Waals surface area contributed by atoms with Crippen LogP contribution < -0.4 is 4.90 Å². The Kier molecular flexibility index (Phi) is 2.95. The number of pyridine rings is 1. The summed E-state index contributed by atoms with van der Waals surface area (Å²) in [6.07, 6.45) is -0.685. The van der Waals surface area contributed by atoms with E-state index in [0.29, 0.717) is 23.4 Å². The molecule has 2 nitrogen and oxygen atoms in total. The average molecular weight is 270 g/mol. The van der Waals surface area contributed by atoms with Crippen LogP contribution in [0.25, 0.3) is 0 Å². The summed E-state index contributed by atoms with van der Waals surface area (Å²) in [7, 11) is 0. The van der Waals surface area contributed by atoms with Crippen molar-refractivity contribution >= 4 is 5.69 Å². The fraction of sp³-hybridized carbons (Fsp3) is 0.643. The molecule has 2 fully saturated rings. The lowest BCUT2D eigenvalue weighted by Crippen LogP contribution is -2.41. The molecule has 104 valence electrons. The molecule has 1 aromatic rings. The average Bonchev–Trinajstić information content (AvgIpc) is 2.61. The van der Waals surface area contributed by atoms with Crippen molar-refractivity contribution in [3.63, 3.8) is 0 Å². The van der Waals surface area contributed by atoms with Crippen LogP contribution in [0.3, 0.4) is 0 Å². The number of alkyl halides is 3. The predicted molar refractivity (Wildman–Crippen MR) is 66.8 cm³/mol. The van der Waals surface area contributed by atoms with E-state index < -0.39 is 11.9 Å². The fourth-order valence-electron chi connectivity index (χ4n) is 3.48. The molecule has 3 rings (SSSR count). The highest BCUT2D eigenvalue weighted by Crippen LogP contribution is 2.43. The second kappa shape index (κ2) is 4.39. The summed E-state index contributed by atoms with van der Waals surface area (Å²) < 4.78 is 38.0. The lowest BCUT2D eigenvalue weighted by Gasteiger charge is -2.38. The lowest BCUT2D eigenvalue weighted by molar-refractivity contribution is -0.141. The third-order valence-electron chi connectivity index (χ3n) is 4.70. The molecule has 2 heterocycles. The van der Waals surface area contributed by atoms with Gasteiger partial charge in [-0.15, -0.1) is 0 Å². The van der Waals surface area contributed by atoms with Gasteiger partial charge in [-0.2, -0.15) is 13.2 Å². The van der Waals surface area contributed by atoms with Crippen LogP contribution in [-0.2, 0) is 6.18 Å². The van der Waals surface area contributed by atoms with Gasteiger partial charge in [-0.25, -0.2) is 0 Å². The zero-order valence-corrected chi connectivity index (χ0v) is 10.8. The van der Waals surface area contributed by atoms with Gasteiger partial charge in [0.15, 0.2) is 0 Å². The Hall–Kier alpha value is -1.26. The first-order valence-electron chi connectivity index (χ1n) is 6.73. The minimum absolute atomic E-state index is 0.626. The van der Waals surface area contributed by atoms with Gasteiger partial charge >= 0.3 is 6.18 Å². The standard InChI is InChI=1S/C14H17F3N2/c1-9-10-2-3-11(9)8-19(7-10)12-4-5-18-13(6-12)14(15,16)17/h4-6,9-11H,2-3,7-8H2,1H3/t9?,10-,11?/m0/s1. The minimum atomic E-state index is -4.36. The lowest BCUT2D eigenvalue weighted by atomic mass is 9.86. The Balaban J connectivity index is 1.84. The van der Waals surface area contributed by atoms with Crippen LogP contribution in [0.15, 0.2) is 18.3 Å². The summed E-state index contributed by atoms with van der Waals surface area (Å²) >= 11 is 0. The molecule has 3 atom stereocenters. The zero-order valence-electron chi connectivity index (χ0n) is 10.8. The minimum Gasteiger partial charge on any atom is -0.371 e. The van der Waals surface area contributed by atoms with Crippen molar-refractivity contribution in [3.8, 4) is 0 Å². The SMILES string of the molecule is CC1C2CC[C@H]1CN(c1ccnc(C(F)(F)F)c1)C2. The molecule has 0 radical (unpaired) electrons. The van der Waals surface area contributed by atoms with Gasteiger partial charge in [-0.3, -0.25) is 4.98 Å². The highest BCUT2D eigenvalue weighted by molar-refractivity contribution is 5.48. The maximum Gasteiger partial charge on any atom is 0.433 e. The molecule has 19 heavy (non-hydrogen) atoms. The number of hydrogen-bond acceptors (Lipinski definition) is 2. The first-order valence-corrected chi connectivity index (χ1v) is 6.73. The van der Waals surface area contributed by atoms with E-state index in [1.54, 1.807) is 6.07 Å². The summed E-state index contributed by atoms with van der Waals surface area (Å²) in [6, 6.07) is 2.86. The van der Waals surface area contributed by atoms with Crippen LogP contribution in [0.4, 0.5) is 18.9 Å². The monoisotopic (exact) mass is 270 g/mol. The van der Waals surface area contributed by atoms with Crippen LogP contribution in [0.1, 0.15) is 25.5 Å². The maximum absolute atomic E-state index is 12.7. The van der Waals surface area contributed by atoms with Crippen molar-refractivity contribution in [2.45, 2.75) is 25.9 Å². The second-order valence-corrected chi connectivity index (χ2v) is 5.76. The number of anilines is 1. The summed E-state index contributed by atoms with van der Waals surface area (Å²) in [5.41, 5.74) is -0.137. The number of nitrogens with zero attached hydrogens (tertiary/aromatic N) is 2. The number of fused-ring (bicyclic) bond motifs is 2. The van der Waals surface area contributed by atoms with E-state index in [-0.39, 0.29) is 0 Å². The largest absolute Gasteiger partial charge is 0.433 e. The molecule has 2 aliphatic rings. The zero-order chi connectivity index (χ0) is 13.6. The Morgan fingerprint density at radius 1 is 1.21 bits per heavy atom. The summed E-state index contributed by atoms with van der Waals surface area (Å²) in [4.78, 5) is 5.52. The van der Waals surface area contributed by atoms with Crippen molar-refractivity contribution in [1.82, 2.24) is 4.98 Å². The summed E-state index contributed by atoms with van der Waals surface area (Å²) in [5.74, 6) is 1.96. The molecule has 5 heteroatoms. The predicted octanol–water partition coefficient (Wildman–Crippen LogP) is 3.58. The molecular weight excluding hydrogens is 253 g/mol. The van der Waals surface area contributed by atoms with Crippen LogP contribution in [0.2, 0.25) is 0 Å². The number of rotatable bonds is 1. The third-order valence-corrected chi connectivity index (χ3v) is 4.70. The van der Waals surface area contributed by atoms with Crippen molar-refractivity contribution < 1.29 is 13.2 Å². The van der Waals surface area contributed by atoms with Gasteiger partial charge in [-0.1, -0.05) is 6.92 Å². The number of halogens is 3. The molecule has 1 aromatic heterocycles. The molecule has 1 saturated heterocycles. The van der Waals surface area contributed by atoms with E-state index in [9.17, 15) is 13.2 Å². The van der Waals surface area contributed by atoms with Crippen molar-refractivity contribution in [2.24, 2.45) is 17.8 Å². The Morgan fingerprint density at radius 3 is 2.42 bits per heavy atom. The highest BCUT2D eigenvalue weighted by Gasteiger charge is 2.40. The molecule has 0 N–H and O–H groups in total. The summed E-state index contributed by atoms with van der Waals surface area (Å²) in [6.45, 7) is 4.02. The number of aromatic nitrogens is 1. The molecule has 2 unspecified atom stereocenters. The number of piperidine rings is 1. The van der Waals surface area contributed by atoms with Crippen LogP contribution in [0, 0.1) is 17.8 Å². The molecule has 0 aromatic carbocycles. The van der Waals surface area contributed by atoms with Crippen molar-refractivity contribution in [2.75, 3.05) is 18.0 Å². The summed E-state index contributed by atoms with van der Waals surface area (Å²) in [5, 5.41) is 0. The molecule has 1 saturated carbocycles. The van der Waals surface area contributed by atoms with E-state index in [4.69, 9.17) is 0 Å². The smallest absolute Gasteiger partial charge is 0.371 e.